The molecule has 100 valence electrons. The molecule has 0 aliphatic heterocycles. The maximum absolute atomic E-state index is 13.3. The summed E-state index contributed by atoms with van der Waals surface area (Å²) >= 11 is 11.1. The van der Waals surface area contributed by atoms with Gasteiger partial charge in [-0.25, -0.2) is 4.39 Å². The number of halogens is 2. The molecule has 0 amide bonds. The van der Waals surface area contributed by atoms with Crippen LogP contribution in [0.25, 0.3) is 17.1 Å². The summed E-state index contributed by atoms with van der Waals surface area (Å²) < 4.78 is 15.5. The lowest BCUT2D eigenvalue weighted by molar-refractivity contribution is 0.628. The molecule has 20 heavy (non-hydrogen) atoms. The normalized spacial score (nSPS) is 10.7. The predicted molar refractivity (Wildman–Crippen MR) is 79.2 cm³/mol. The average molecular weight is 306 g/mol. The van der Waals surface area contributed by atoms with Gasteiger partial charge >= 0.3 is 0 Å². The van der Waals surface area contributed by atoms with Crippen molar-refractivity contribution in [3.63, 3.8) is 0 Å². The van der Waals surface area contributed by atoms with Gasteiger partial charge in [0, 0.05) is 11.3 Å². The zero-order valence-corrected chi connectivity index (χ0v) is 11.7. The second-order valence-corrected chi connectivity index (χ2v) is 4.95. The molecule has 3 rings (SSSR count). The molecule has 1 aromatic heterocycles. The molecule has 0 spiro atoms. The summed E-state index contributed by atoms with van der Waals surface area (Å²) in [5.74, 6) is 0.124. The number of hydrogen-bond acceptors (Lipinski definition) is 2. The van der Waals surface area contributed by atoms with E-state index in [1.165, 1.54) is 12.1 Å². The zero-order valence-electron chi connectivity index (χ0n) is 10.2. The number of aromatic nitrogens is 3. The maximum Gasteiger partial charge on any atom is 0.200 e. The van der Waals surface area contributed by atoms with Gasteiger partial charge in [-0.2, -0.15) is 5.10 Å². The van der Waals surface area contributed by atoms with Crippen LogP contribution in [0.2, 0.25) is 5.02 Å². The van der Waals surface area contributed by atoms with E-state index < -0.39 is 5.82 Å². The Balaban J connectivity index is 2.21. The number of benzene rings is 2. The van der Waals surface area contributed by atoms with Crippen LogP contribution >= 0.6 is 23.8 Å². The van der Waals surface area contributed by atoms with Crippen molar-refractivity contribution in [2.24, 2.45) is 0 Å². The van der Waals surface area contributed by atoms with Crippen molar-refractivity contribution in [3.8, 4) is 17.1 Å². The minimum absolute atomic E-state index is 0.0519. The van der Waals surface area contributed by atoms with E-state index in [9.17, 15) is 4.39 Å². The lowest BCUT2D eigenvalue weighted by Crippen LogP contribution is -1.97. The second-order valence-electron chi connectivity index (χ2n) is 4.15. The molecule has 0 radical (unpaired) electrons. The van der Waals surface area contributed by atoms with Gasteiger partial charge in [-0.15, -0.1) is 0 Å². The lowest BCUT2D eigenvalue weighted by atomic mass is 10.2. The van der Waals surface area contributed by atoms with Crippen molar-refractivity contribution in [3.05, 3.63) is 64.1 Å². The summed E-state index contributed by atoms with van der Waals surface area (Å²) in [6.45, 7) is 0. The van der Waals surface area contributed by atoms with Crippen molar-refractivity contribution in [2.75, 3.05) is 0 Å². The van der Waals surface area contributed by atoms with Crippen molar-refractivity contribution in [2.45, 2.75) is 0 Å². The van der Waals surface area contributed by atoms with Gasteiger partial charge in [0.05, 0.1) is 5.02 Å². The molecule has 0 fully saturated rings. The number of aromatic amines is 1. The number of hydrogen-bond donors (Lipinski definition) is 1. The van der Waals surface area contributed by atoms with Crippen LogP contribution in [0.4, 0.5) is 4.39 Å². The average Bonchev–Trinajstić information content (AvgIpc) is 2.85. The third-order valence-electron chi connectivity index (χ3n) is 2.86. The maximum atomic E-state index is 13.3. The van der Waals surface area contributed by atoms with Crippen LogP contribution < -0.4 is 0 Å². The summed E-state index contributed by atoms with van der Waals surface area (Å²) in [6, 6.07) is 14.0. The van der Waals surface area contributed by atoms with Crippen molar-refractivity contribution in [1.29, 1.82) is 0 Å². The molecule has 3 aromatic rings. The van der Waals surface area contributed by atoms with Gasteiger partial charge in [-0.05, 0) is 42.5 Å². The van der Waals surface area contributed by atoms with Gasteiger partial charge in [0.15, 0.2) is 10.6 Å². The summed E-state index contributed by atoms with van der Waals surface area (Å²) in [6.07, 6.45) is 0. The first-order chi connectivity index (χ1) is 9.66. The van der Waals surface area contributed by atoms with Gasteiger partial charge in [0.25, 0.3) is 0 Å². The molecule has 0 atom stereocenters. The fourth-order valence-electron chi connectivity index (χ4n) is 1.94. The lowest BCUT2D eigenvalue weighted by Gasteiger charge is -2.07. The van der Waals surface area contributed by atoms with Crippen LogP contribution in [0, 0.1) is 10.6 Å². The summed E-state index contributed by atoms with van der Waals surface area (Å²) in [7, 11) is 0. The largest absolute Gasteiger partial charge is 0.268 e. The second kappa shape index (κ2) is 5.19. The molecule has 0 aliphatic carbocycles. The Labute approximate surface area is 124 Å². The molecular weight excluding hydrogens is 297 g/mol. The molecule has 0 bridgehead atoms. The SMILES string of the molecule is Fc1ccc(-c2n[nH]c(=S)n2-c2ccccc2)cc1Cl. The summed E-state index contributed by atoms with van der Waals surface area (Å²) in [5.41, 5.74) is 1.56. The Morgan fingerprint density at radius 3 is 2.60 bits per heavy atom. The molecular formula is C14H9ClFN3S. The Bertz CT molecular complexity index is 811. The molecule has 1 N–H and O–H groups in total. The van der Waals surface area contributed by atoms with Crippen LogP contribution in [-0.4, -0.2) is 14.8 Å². The van der Waals surface area contributed by atoms with Gasteiger partial charge in [0.1, 0.15) is 5.82 Å². The molecule has 6 heteroatoms. The van der Waals surface area contributed by atoms with E-state index in [2.05, 4.69) is 10.2 Å². The number of H-pyrrole nitrogens is 1. The monoisotopic (exact) mass is 305 g/mol. The Hall–Kier alpha value is -1.98. The highest BCUT2D eigenvalue weighted by molar-refractivity contribution is 7.71. The van der Waals surface area contributed by atoms with Gasteiger partial charge < -0.3 is 0 Å². The molecule has 0 saturated heterocycles. The van der Waals surface area contributed by atoms with E-state index in [0.29, 0.717) is 16.2 Å². The first-order valence-corrected chi connectivity index (χ1v) is 6.64. The minimum atomic E-state index is -0.462. The highest BCUT2D eigenvalue weighted by Crippen LogP contribution is 2.25. The third kappa shape index (κ3) is 2.26. The highest BCUT2D eigenvalue weighted by atomic mass is 35.5. The summed E-state index contributed by atoms with van der Waals surface area (Å²) in [5, 5.41) is 7.00. The fourth-order valence-corrected chi connectivity index (χ4v) is 2.36. The molecule has 0 aliphatic rings. The van der Waals surface area contributed by atoms with Gasteiger partial charge in [0.2, 0.25) is 0 Å². The molecule has 2 aromatic carbocycles. The smallest absolute Gasteiger partial charge is 0.200 e. The summed E-state index contributed by atoms with van der Waals surface area (Å²) in [4.78, 5) is 0. The van der Waals surface area contributed by atoms with Crippen LogP contribution in [0.1, 0.15) is 0 Å². The van der Waals surface area contributed by atoms with Crippen LogP contribution in [0.3, 0.4) is 0 Å². The predicted octanol–water partition coefficient (Wildman–Crippen LogP) is 4.39. The number of para-hydroxylation sites is 1. The van der Waals surface area contributed by atoms with E-state index in [-0.39, 0.29) is 5.02 Å². The van der Waals surface area contributed by atoms with Crippen molar-refractivity contribution >= 4 is 23.8 Å². The first-order valence-electron chi connectivity index (χ1n) is 5.85. The van der Waals surface area contributed by atoms with Crippen LogP contribution in [0.5, 0.6) is 0 Å². The van der Waals surface area contributed by atoms with E-state index in [1.54, 1.807) is 10.6 Å². The Kier molecular flexibility index (Phi) is 3.38. The number of rotatable bonds is 2. The highest BCUT2D eigenvalue weighted by Gasteiger charge is 2.12. The quantitative estimate of drug-likeness (QED) is 0.712. The number of nitrogens with one attached hydrogen (secondary N) is 1. The molecule has 3 nitrogen and oxygen atoms in total. The first kappa shape index (κ1) is 13.0. The van der Waals surface area contributed by atoms with Crippen LogP contribution in [0.15, 0.2) is 48.5 Å². The van der Waals surface area contributed by atoms with Crippen LogP contribution in [-0.2, 0) is 0 Å². The van der Waals surface area contributed by atoms with Gasteiger partial charge in [-0.1, -0.05) is 29.8 Å². The topological polar surface area (TPSA) is 33.6 Å². The zero-order chi connectivity index (χ0) is 14.1. The Morgan fingerprint density at radius 2 is 1.90 bits per heavy atom. The van der Waals surface area contributed by atoms with Gasteiger partial charge in [-0.3, -0.25) is 9.67 Å². The third-order valence-corrected chi connectivity index (χ3v) is 3.43. The molecule has 0 saturated carbocycles. The fraction of sp³-hybridized carbons (Fsp3) is 0. The van der Waals surface area contributed by atoms with Crippen molar-refractivity contribution < 1.29 is 4.39 Å². The van der Waals surface area contributed by atoms with Crippen molar-refractivity contribution in [1.82, 2.24) is 14.8 Å². The standard InChI is InChI=1S/C14H9ClFN3S/c15-11-8-9(6-7-12(11)16)13-17-18-14(20)19(13)10-4-2-1-3-5-10/h1-8H,(H,18,20). The molecule has 1 heterocycles. The van der Waals surface area contributed by atoms with E-state index in [1.807, 2.05) is 30.3 Å². The molecule has 0 unspecified atom stereocenters. The Morgan fingerprint density at radius 1 is 1.15 bits per heavy atom. The van der Waals surface area contributed by atoms with E-state index in [0.717, 1.165) is 5.69 Å². The van der Waals surface area contributed by atoms with E-state index in [4.69, 9.17) is 23.8 Å². The minimum Gasteiger partial charge on any atom is -0.268 e. The number of nitrogens with zero attached hydrogens (tertiary/aromatic N) is 2. The van der Waals surface area contributed by atoms with E-state index >= 15 is 0 Å².